The van der Waals surface area contributed by atoms with Crippen molar-refractivity contribution >= 4 is 11.6 Å². The molecule has 0 heterocycles. The zero-order valence-electron chi connectivity index (χ0n) is 13.2. The lowest BCUT2D eigenvalue weighted by molar-refractivity contribution is 0.102. The number of hydrogen-bond donors (Lipinski definition) is 1. The molecule has 120 valence electrons. The van der Waals surface area contributed by atoms with Crippen LogP contribution < -0.4 is 14.8 Å². The quantitative estimate of drug-likeness (QED) is 0.739. The Morgan fingerprint density at radius 2 is 1.46 bits per heavy atom. The van der Waals surface area contributed by atoms with E-state index < -0.39 is 0 Å². The Balaban J connectivity index is 1.78. The molecule has 0 atom stereocenters. The zero-order chi connectivity index (χ0) is 16.8. The third-order valence-corrected chi connectivity index (χ3v) is 3.46. The fraction of sp³-hybridized carbons (Fsp3) is 0.0500. The summed E-state index contributed by atoms with van der Waals surface area (Å²) in [4.78, 5) is 12.4. The minimum Gasteiger partial charge on any atom is -0.497 e. The molecule has 0 fully saturated rings. The Bertz CT molecular complexity index is 814. The molecule has 0 aromatic heterocycles. The van der Waals surface area contributed by atoms with E-state index in [1.54, 1.807) is 37.4 Å². The van der Waals surface area contributed by atoms with Crippen molar-refractivity contribution in [3.05, 3.63) is 84.4 Å². The number of amides is 1. The van der Waals surface area contributed by atoms with Crippen LogP contribution in [0.4, 0.5) is 5.69 Å². The number of carbonyl (C=O) groups is 1. The number of carbonyl (C=O) groups excluding carboxylic acids is 1. The van der Waals surface area contributed by atoms with Gasteiger partial charge in [0.2, 0.25) is 0 Å². The van der Waals surface area contributed by atoms with E-state index in [1.165, 1.54) is 0 Å². The van der Waals surface area contributed by atoms with E-state index in [2.05, 4.69) is 5.32 Å². The number of ether oxygens (including phenoxy) is 2. The van der Waals surface area contributed by atoms with Crippen molar-refractivity contribution in [3.8, 4) is 17.2 Å². The molecule has 1 N–H and O–H groups in total. The van der Waals surface area contributed by atoms with Gasteiger partial charge in [-0.3, -0.25) is 4.79 Å². The molecule has 0 saturated carbocycles. The molecule has 24 heavy (non-hydrogen) atoms. The summed E-state index contributed by atoms with van der Waals surface area (Å²) < 4.78 is 10.9. The average Bonchev–Trinajstić information content (AvgIpc) is 2.64. The van der Waals surface area contributed by atoms with Gasteiger partial charge in [-0.1, -0.05) is 30.3 Å². The molecule has 3 rings (SSSR count). The van der Waals surface area contributed by atoms with Gasteiger partial charge in [-0.05, 0) is 48.5 Å². The van der Waals surface area contributed by atoms with E-state index >= 15 is 0 Å². The van der Waals surface area contributed by atoms with Crippen LogP contribution in [0, 0.1) is 0 Å². The monoisotopic (exact) mass is 319 g/mol. The highest BCUT2D eigenvalue weighted by molar-refractivity contribution is 6.05. The molecule has 3 aromatic carbocycles. The normalized spacial score (nSPS) is 10.0. The van der Waals surface area contributed by atoms with Crippen LogP contribution in [0.1, 0.15) is 10.4 Å². The van der Waals surface area contributed by atoms with Gasteiger partial charge in [0.1, 0.15) is 11.5 Å². The van der Waals surface area contributed by atoms with Gasteiger partial charge in [-0.25, -0.2) is 0 Å². The molecule has 0 unspecified atom stereocenters. The maximum absolute atomic E-state index is 12.4. The molecule has 0 saturated heterocycles. The van der Waals surface area contributed by atoms with E-state index in [0.29, 0.717) is 28.5 Å². The Kier molecular flexibility index (Phi) is 4.77. The Morgan fingerprint density at radius 3 is 2.17 bits per heavy atom. The van der Waals surface area contributed by atoms with E-state index in [1.807, 2.05) is 48.5 Å². The van der Waals surface area contributed by atoms with Crippen LogP contribution in [0.25, 0.3) is 0 Å². The van der Waals surface area contributed by atoms with Crippen LogP contribution in [0.3, 0.4) is 0 Å². The highest BCUT2D eigenvalue weighted by atomic mass is 16.5. The first-order valence-electron chi connectivity index (χ1n) is 7.53. The predicted molar refractivity (Wildman–Crippen MR) is 93.9 cm³/mol. The zero-order valence-corrected chi connectivity index (χ0v) is 13.2. The second-order valence-corrected chi connectivity index (χ2v) is 5.09. The Hall–Kier alpha value is -3.27. The molecule has 1 amide bonds. The second-order valence-electron chi connectivity index (χ2n) is 5.09. The van der Waals surface area contributed by atoms with E-state index in [9.17, 15) is 4.79 Å². The molecule has 0 aliphatic carbocycles. The van der Waals surface area contributed by atoms with Crippen molar-refractivity contribution in [2.75, 3.05) is 12.4 Å². The van der Waals surface area contributed by atoms with Gasteiger partial charge in [0.25, 0.3) is 5.91 Å². The summed E-state index contributed by atoms with van der Waals surface area (Å²) in [7, 11) is 1.59. The number of benzene rings is 3. The van der Waals surface area contributed by atoms with Gasteiger partial charge in [0, 0.05) is 5.56 Å². The number of rotatable bonds is 5. The van der Waals surface area contributed by atoms with Crippen molar-refractivity contribution in [2.24, 2.45) is 0 Å². The molecule has 0 bridgehead atoms. The molecule has 0 aliphatic heterocycles. The largest absolute Gasteiger partial charge is 0.497 e. The average molecular weight is 319 g/mol. The summed E-state index contributed by atoms with van der Waals surface area (Å²) in [5.74, 6) is 1.80. The van der Waals surface area contributed by atoms with Crippen molar-refractivity contribution in [1.29, 1.82) is 0 Å². The molecule has 4 heteroatoms. The number of nitrogens with one attached hydrogen (secondary N) is 1. The van der Waals surface area contributed by atoms with Gasteiger partial charge in [-0.15, -0.1) is 0 Å². The second kappa shape index (κ2) is 7.33. The van der Waals surface area contributed by atoms with Gasteiger partial charge in [0.15, 0.2) is 5.75 Å². The lowest BCUT2D eigenvalue weighted by atomic mass is 10.2. The van der Waals surface area contributed by atoms with Crippen LogP contribution in [0.2, 0.25) is 0 Å². The van der Waals surface area contributed by atoms with Gasteiger partial charge in [0.05, 0.1) is 12.8 Å². The molecule has 0 aliphatic rings. The lowest BCUT2D eigenvalue weighted by Crippen LogP contribution is -2.12. The maximum atomic E-state index is 12.4. The predicted octanol–water partition coefficient (Wildman–Crippen LogP) is 4.74. The highest BCUT2D eigenvalue weighted by Gasteiger charge is 2.10. The maximum Gasteiger partial charge on any atom is 0.255 e. The topological polar surface area (TPSA) is 47.6 Å². The molecule has 4 nitrogen and oxygen atoms in total. The first-order chi connectivity index (χ1) is 11.8. The number of hydrogen-bond acceptors (Lipinski definition) is 3. The third kappa shape index (κ3) is 3.73. The molecular weight excluding hydrogens is 302 g/mol. The summed E-state index contributed by atoms with van der Waals surface area (Å²) in [6, 6.07) is 23.7. The number of para-hydroxylation sites is 3. The first-order valence-corrected chi connectivity index (χ1v) is 7.53. The van der Waals surface area contributed by atoms with Crippen molar-refractivity contribution in [3.63, 3.8) is 0 Å². The highest BCUT2D eigenvalue weighted by Crippen LogP contribution is 2.29. The molecule has 0 radical (unpaired) electrons. The number of anilines is 1. The SMILES string of the molecule is COc1ccc(C(=O)Nc2ccccc2Oc2ccccc2)cc1. The van der Waals surface area contributed by atoms with Gasteiger partial charge >= 0.3 is 0 Å². The fourth-order valence-corrected chi connectivity index (χ4v) is 2.21. The van der Waals surface area contributed by atoms with Crippen molar-refractivity contribution < 1.29 is 14.3 Å². The minimum absolute atomic E-state index is 0.207. The van der Waals surface area contributed by atoms with Gasteiger partial charge < -0.3 is 14.8 Å². The summed E-state index contributed by atoms with van der Waals surface area (Å²) in [5, 5.41) is 2.88. The first kappa shape index (κ1) is 15.6. The Morgan fingerprint density at radius 1 is 0.792 bits per heavy atom. The van der Waals surface area contributed by atoms with Crippen LogP contribution in [-0.4, -0.2) is 13.0 Å². The van der Waals surface area contributed by atoms with Crippen molar-refractivity contribution in [2.45, 2.75) is 0 Å². The fourth-order valence-electron chi connectivity index (χ4n) is 2.21. The van der Waals surface area contributed by atoms with Crippen molar-refractivity contribution in [1.82, 2.24) is 0 Å². The summed E-state index contributed by atoms with van der Waals surface area (Å²) in [6.45, 7) is 0. The van der Waals surface area contributed by atoms with Crippen LogP contribution >= 0.6 is 0 Å². The molecular formula is C20H17NO3. The van der Waals surface area contributed by atoms with E-state index in [0.717, 1.165) is 0 Å². The lowest BCUT2D eigenvalue weighted by Gasteiger charge is -2.12. The van der Waals surface area contributed by atoms with Gasteiger partial charge in [-0.2, -0.15) is 0 Å². The Labute approximate surface area is 140 Å². The van der Waals surface area contributed by atoms with E-state index in [-0.39, 0.29) is 5.91 Å². The van der Waals surface area contributed by atoms with E-state index in [4.69, 9.17) is 9.47 Å². The van der Waals surface area contributed by atoms with Crippen LogP contribution in [0.5, 0.6) is 17.2 Å². The standard InChI is InChI=1S/C20H17NO3/c1-23-16-13-11-15(12-14-16)20(22)21-18-9-5-6-10-19(18)24-17-7-3-2-4-8-17/h2-14H,1H3,(H,21,22). The minimum atomic E-state index is -0.207. The summed E-state index contributed by atoms with van der Waals surface area (Å²) in [6.07, 6.45) is 0. The third-order valence-electron chi connectivity index (χ3n) is 3.46. The summed E-state index contributed by atoms with van der Waals surface area (Å²) in [5.41, 5.74) is 1.16. The van der Waals surface area contributed by atoms with Crippen LogP contribution in [0.15, 0.2) is 78.9 Å². The molecule has 0 spiro atoms. The molecule has 3 aromatic rings. The van der Waals surface area contributed by atoms with Crippen LogP contribution in [-0.2, 0) is 0 Å². The summed E-state index contributed by atoms with van der Waals surface area (Å²) >= 11 is 0. The number of methoxy groups -OCH3 is 1. The smallest absolute Gasteiger partial charge is 0.255 e.